The molecule has 0 spiro atoms. The van der Waals surface area contributed by atoms with Crippen molar-refractivity contribution < 1.29 is 4.79 Å². The molecule has 2 aromatic carbocycles. The number of amides is 1. The van der Waals surface area contributed by atoms with E-state index in [-0.39, 0.29) is 5.91 Å². The van der Waals surface area contributed by atoms with Crippen molar-refractivity contribution in [3.8, 4) is 0 Å². The van der Waals surface area contributed by atoms with E-state index in [0.717, 1.165) is 36.3 Å². The third-order valence-electron chi connectivity index (χ3n) is 5.82. The molecule has 32 heavy (non-hydrogen) atoms. The average molecular weight is 432 g/mol. The van der Waals surface area contributed by atoms with Crippen molar-refractivity contribution in [3.05, 3.63) is 72.1 Å². The first-order valence-corrected chi connectivity index (χ1v) is 12.2. The van der Waals surface area contributed by atoms with E-state index in [1.165, 1.54) is 50.5 Å². The van der Waals surface area contributed by atoms with Crippen LogP contribution < -0.4 is 5.32 Å². The molecule has 3 rings (SSSR count). The first-order valence-electron chi connectivity index (χ1n) is 12.2. The normalized spacial score (nSPS) is 11.4. The molecule has 0 unspecified atom stereocenters. The van der Waals surface area contributed by atoms with Crippen molar-refractivity contribution in [2.45, 2.75) is 71.3 Å². The highest BCUT2D eigenvalue weighted by Gasteiger charge is 2.10. The van der Waals surface area contributed by atoms with Crippen LogP contribution in [0.5, 0.6) is 0 Å². The van der Waals surface area contributed by atoms with Crippen molar-refractivity contribution in [1.29, 1.82) is 0 Å². The molecule has 4 heteroatoms. The van der Waals surface area contributed by atoms with Crippen LogP contribution in [0.25, 0.3) is 17.1 Å². The summed E-state index contributed by atoms with van der Waals surface area (Å²) in [5, 5.41) is 2.99. The van der Waals surface area contributed by atoms with Gasteiger partial charge < -0.3 is 9.88 Å². The number of carbonyl (C=O) groups is 1. The highest BCUT2D eigenvalue weighted by Crippen LogP contribution is 2.19. The molecule has 0 saturated heterocycles. The Morgan fingerprint density at radius 2 is 1.62 bits per heavy atom. The molecule has 4 nitrogen and oxygen atoms in total. The molecule has 1 N–H and O–H groups in total. The van der Waals surface area contributed by atoms with Gasteiger partial charge in [-0.25, -0.2) is 4.98 Å². The van der Waals surface area contributed by atoms with Gasteiger partial charge in [-0.05, 0) is 36.6 Å². The minimum atomic E-state index is -0.0505. The van der Waals surface area contributed by atoms with E-state index < -0.39 is 0 Å². The van der Waals surface area contributed by atoms with Gasteiger partial charge in [0.25, 0.3) is 0 Å². The quantitative estimate of drug-likeness (QED) is 0.232. The number of hydrogen-bond donors (Lipinski definition) is 1. The van der Waals surface area contributed by atoms with Gasteiger partial charge >= 0.3 is 0 Å². The number of nitrogens with one attached hydrogen (secondary N) is 1. The lowest BCUT2D eigenvalue weighted by atomic mass is 10.1. The molecule has 1 amide bonds. The van der Waals surface area contributed by atoms with Crippen LogP contribution in [0.4, 0.5) is 0 Å². The van der Waals surface area contributed by atoms with Gasteiger partial charge in [0, 0.05) is 25.6 Å². The fraction of sp³-hybridized carbons (Fsp3) is 0.429. The molecule has 0 bridgehead atoms. The molecule has 0 fully saturated rings. The Morgan fingerprint density at radius 1 is 0.906 bits per heavy atom. The summed E-state index contributed by atoms with van der Waals surface area (Å²) in [4.78, 5) is 17.0. The zero-order valence-electron chi connectivity index (χ0n) is 19.4. The molecule has 0 atom stereocenters. The van der Waals surface area contributed by atoms with Crippen LogP contribution in [0.3, 0.4) is 0 Å². The number of nitrogens with zero attached hydrogens (tertiary/aromatic N) is 2. The van der Waals surface area contributed by atoms with E-state index in [1.807, 2.05) is 36.4 Å². The van der Waals surface area contributed by atoms with E-state index >= 15 is 0 Å². The second kappa shape index (κ2) is 13.5. The Balaban J connectivity index is 1.46. The Hall–Kier alpha value is -2.88. The summed E-state index contributed by atoms with van der Waals surface area (Å²) in [6, 6.07) is 18.3. The highest BCUT2D eigenvalue weighted by molar-refractivity contribution is 5.91. The number of hydrogen-bond acceptors (Lipinski definition) is 2. The number of unbranched alkanes of at least 4 members (excludes halogenated alkanes) is 6. The maximum Gasteiger partial charge on any atom is 0.243 e. The predicted octanol–water partition coefficient (Wildman–Crippen LogP) is 6.55. The maximum absolute atomic E-state index is 12.1. The second-order valence-corrected chi connectivity index (χ2v) is 8.43. The highest BCUT2D eigenvalue weighted by atomic mass is 16.1. The van der Waals surface area contributed by atoms with E-state index in [2.05, 4.69) is 41.1 Å². The molecule has 0 aliphatic rings. The standard InChI is InChI=1S/C28H37N3O/c1-2-3-4-5-6-7-13-23-31-26-18-12-11-17-25(26)30-27(31)19-14-22-29-28(32)21-20-24-15-9-8-10-16-24/h8-12,15-18,20-21H,2-7,13-14,19,22-23H2,1H3,(H,29,32)/b21-20+. The lowest BCUT2D eigenvalue weighted by molar-refractivity contribution is -0.116. The average Bonchev–Trinajstić information content (AvgIpc) is 3.18. The Kier molecular flexibility index (Phi) is 10.0. The summed E-state index contributed by atoms with van der Waals surface area (Å²) in [5.74, 6) is 1.08. The fourth-order valence-electron chi connectivity index (χ4n) is 4.05. The lowest BCUT2D eigenvalue weighted by Crippen LogP contribution is -2.22. The van der Waals surface area contributed by atoms with Crippen LogP contribution in [-0.4, -0.2) is 22.0 Å². The largest absolute Gasteiger partial charge is 0.353 e. The number of benzene rings is 2. The number of aromatic nitrogens is 2. The monoisotopic (exact) mass is 431 g/mol. The summed E-state index contributed by atoms with van der Waals surface area (Å²) in [6.07, 6.45) is 14.4. The van der Waals surface area contributed by atoms with Gasteiger partial charge in [0.1, 0.15) is 5.82 Å². The van der Waals surface area contributed by atoms with Crippen molar-refractivity contribution >= 4 is 23.0 Å². The fourth-order valence-corrected chi connectivity index (χ4v) is 4.05. The summed E-state index contributed by atoms with van der Waals surface area (Å²) in [7, 11) is 0. The molecule has 0 aliphatic heterocycles. The van der Waals surface area contributed by atoms with Gasteiger partial charge in [-0.1, -0.05) is 87.9 Å². The smallest absolute Gasteiger partial charge is 0.243 e. The van der Waals surface area contributed by atoms with Crippen LogP contribution in [0, 0.1) is 0 Å². The first-order chi connectivity index (χ1) is 15.8. The summed E-state index contributed by atoms with van der Waals surface area (Å²) < 4.78 is 2.39. The van der Waals surface area contributed by atoms with Gasteiger partial charge in [-0.2, -0.15) is 0 Å². The molecule has 0 saturated carbocycles. The molecule has 170 valence electrons. The van der Waals surface area contributed by atoms with Crippen molar-refractivity contribution in [1.82, 2.24) is 14.9 Å². The van der Waals surface area contributed by atoms with Gasteiger partial charge in [0.2, 0.25) is 5.91 Å². The van der Waals surface area contributed by atoms with Crippen LogP contribution in [0.1, 0.15) is 69.7 Å². The maximum atomic E-state index is 12.1. The Morgan fingerprint density at radius 3 is 2.44 bits per heavy atom. The van der Waals surface area contributed by atoms with Crippen LogP contribution in [-0.2, 0) is 17.8 Å². The van der Waals surface area contributed by atoms with Crippen molar-refractivity contribution in [2.24, 2.45) is 0 Å². The summed E-state index contributed by atoms with van der Waals surface area (Å²) in [5.41, 5.74) is 3.32. The molecular weight excluding hydrogens is 394 g/mol. The third-order valence-corrected chi connectivity index (χ3v) is 5.82. The van der Waals surface area contributed by atoms with E-state index in [1.54, 1.807) is 6.08 Å². The van der Waals surface area contributed by atoms with Gasteiger partial charge in [-0.3, -0.25) is 4.79 Å². The molecular formula is C28H37N3O. The predicted molar refractivity (Wildman–Crippen MR) is 135 cm³/mol. The first kappa shape index (κ1) is 23.8. The van der Waals surface area contributed by atoms with Crippen LogP contribution in [0.2, 0.25) is 0 Å². The summed E-state index contributed by atoms with van der Waals surface area (Å²) >= 11 is 0. The number of carbonyl (C=O) groups excluding carboxylic acids is 1. The van der Waals surface area contributed by atoms with E-state index in [9.17, 15) is 4.79 Å². The zero-order chi connectivity index (χ0) is 22.4. The molecule has 3 aromatic rings. The number of aryl methyl sites for hydroxylation is 2. The van der Waals surface area contributed by atoms with E-state index in [0.29, 0.717) is 6.54 Å². The minimum Gasteiger partial charge on any atom is -0.353 e. The second-order valence-electron chi connectivity index (χ2n) is 8.43. The van der Waals surface area contributed by atoms with Crippen molar-refractivity contribution in [3.63, 3.8) is 0 Å². The van der Waals surface area contributed by atoms with Crippen LogP contribution >= 0.6 is 0 Å². The Labute approximate surface area is 192 Å². The van der Waals surface area contributed by atoms with Gasteiger partial charge in [0.05, 0.1) is 11.0 Å². The molecule has 0 aliphatic carbocycles. The van der Waals surface area contributed by atoms with Gasteiger partial charge in [0.15, 0.2) is 0 Å². The molecule has 1 heterocycles. The van der Waals surface area contributed by atoms with Gasteiger partial charge in [-0.15, -0.1) is 0 Å². The van der Waals surface area contributed by atoms with Crippen LogP contribution in [0.15, 0.2) is 60.7 Å². The van der Waals surface area contributed by atoms with E-state index in [4.69, 9.17) is 4.98 Å². The lowest BCUT2D eigenvalue weighted by Gasteiger charge is -2.10. The Bertz CT molecular complexity index is 975. The topological polar surface area (TPSA) is 46.9 Å². The number of para-hydroxylation sites is 2. The third kappa shape index (κ3) is 7.67. The zero-order valence-corrected chi connectivity index (χ0v) is 19.4. The summed E-state index contributed by atoms with van der Waals surface area (Å²) in [6.45, 7) is 3.94. The number of fused-ring (bicyclic) bond motifs is 1. The molecule has 0 radical (unpaired) electrons. The minimum absolute atomic E-state index is 0.0505. The SMILES string of the molecule is CCCCCCCCCn1c(CCCNC(=O)/C=C/c2ccccc2)nc2ccccc21. The van der Waals surface area contributed by atoms with Crippen molar-refractivity contribution in [2.75, 3.05) is 6.54 Å². The number of rotatable bonds is 14. The number of imidazole rings is 1. The molecule has 1 aromatic heterocycles.